The van der Waals surface area contributed by atoms with Gasteiger partial charge in [-0.2, -0.15) is 0 Å². The van der Waals surface area contributed by atoms with E-state index in [2.05, 4.69) is 4.72 Å². The molecule has 134 valence electrons. The Balaban J connectivity index is 1.94. The number of benzene rings is 1. The van der Waals surface area contributed by atoms with E-state index in [4.69, 9.17) is 4.74 Å². The number of rotatable bonds is 7. The summed E-state index contributed by atoms with van der Waals surface area (Å²) >= 11 is 1.61. The molecule has 1 N–H and O–H groups in total. The quantitative estimate of drug-likeness (QED) is 0.801. The zero-order valence-electron chi connectivity index (χ0n) is 14.1. The van der Waals surface area contributed by atoms with Crippen molar-refractivity contribution in [3.05, 3.63) is 46.2 Å². The number of methoxy groups -OCH3 is 1. The Morgan fingerprint density at radius 3 is 2.68 bits per heavy atom. The second-order valence-electron chi connectivity index (χ2n) is 5.82. The van der Waals surface area contributed by atoms with Crippen molar-refractivity contribution in [3.63, 3.8) is 0 Å². The predicted molar refractivity (Wildman–Crippen MR) is 96.5 cm³/mol. The van der Waals surface area contributed by atoms with Gasteiger partial charge in [-0.3, -0.25) is 4.79 Å². The first-order valence-electron chi connectivity index (χ1n) is 7.91. The van der Waals surface area contributed by atoms with Crippen LogP contribution in [-0.2, 0) is 16.6 Å². The van der Waals surface area contributed by atoms with Crippen LogP contribution in [0.2, 0.25) is 0 Å². The average molecular weight is 380 g/mol. The molecule has 1 aliphatic carbocycles. The van der Waals surface area contributed by atoms with Gasteiger partial charge < -0.3 is 9.64 Å². The molecule has 0 saturated heterocycles. The summed E-state index contributed by atoms with van der Waals surface area (Å²) in [5.74, 6) is 0.0493. The van der Waals surface area contributed by atoms with Crippen molar-refractivity contribution < 1.29 is 17.9 Å². The van der Waals surface area contributed by atoms with Gasteiger partial charge in [0, 0.05) is 16.5 Å². The zero-order valence-corrected chi connectivity index (χ0v) is 15.7. The second-order valence-corrected chi connectivity index (χ2v) is 8.70. The highest BCUT2D eigenvalue weighted by molar-refractivity contribution is 7.89. The number of hydrogen-bond acceptors (Lipinski definition) is 5. The Morgan fingerprint density at radius 1 is 1.36 bits per heavy atom. The minimum atomic E-state index is -3.72. The molecule has 1 aromatic heterocycles. The van der Waals surface area contributed by atoms with E-state index >= 15 is 0 Å². The van der Waals surface area contributed by atoms with E-state index in [1.54, 1.807) is 17.4 Å². The van der Waals surface area contributed by atoms with Gasteiger partial charge in [0.15, 0.2) is 0 Å². The Bertz CT molecular complexity index is 859. The molecule has 1 amide bonds. The summed E-state index contributed by atoms with van der Waals surface area (Å²) in [6.45, 7) is 0.543. The molecule has 8 heteroatoms. The van der Waals surface area contributed by atoms with E-state index in [0.717, 1.165) is 17.7 Å². The molecule has 1 aromatic carbocycles. The lowest BCUT2D eigenvalue weighted by Gasteiger charge is -2.22. The van der Waals surface area contributed by atoms with Gasteiger partial charge in [-0.15, -0.1) is 11.3 Å². The largest absolute Gasteiger partial charge is 0.495 e. The summed E-state index contributed by atoms with van der Waals surface area (Å²) in [7, 11) is -0.989. The number of hydrogen-bond donors (Lipinski definition) is 1. The number of thiophene rings is 1. The van der Waals surface area contributed by atoms with Gasteiger partial charge in [0.05, 0.1) is 13.7 Å². The lowest BCUT2D eigenvalue weighted by atomic mass is 10.2. The summed E-state index contributed by atoms with van der Waals surface area (Å²) in [6.07, 6.45) is 1.96. The molecule has 0 radical (unpaired) electrons. The maximum atomic E-state index is 13.0. The number of carbonyl (C=O) groups excluding carboxylic acids is 1. The molecule has 0 unspecified atom stereocenters. The van der Waals surface area contributed by atoms with Crippen LogP contribution < -0.4 is 9.46 Å². The lowest BCUT2D eigenvalue weighted by molar-refractivity contribution is 0.0731. The minimum absolute atomic E-state index is 0.0322. The lowest BCUT2D eigenvalue weighted by Crippen LogP contribution is -2.32. The standard InChI is InChI=1S/C17H20N2O4S2/c1-18-25(21,22)16-10-12(5-8-15(16)23-2)17(20)19(13-6-7-13)11-14-4-3-9-24-14/h3-5,8-10,13,18H,6-7,11H2,1-2H3. The average Bonchev–Trinajstić information content (AvgIpc) is 3.34. The molecule has 3 rings (SSSR count). The normalized spacial score (nSPS) is 14.3. The van der Waals surface area contributed by atoms with Gasteiger partial charge in [0.2, 0.25) is 10.0 Å². The molecule has 1 fully saturated rings. The van der Waals surface area contributed by atoms with Crippen LogP contribution in [0.25, 0.3) is 0 Å². The van der Waals surface area contributed by atoms with Gasteiger partial charge in [0.25, 0.3) is 5.91 Å². The summed E-state index contributed by atoms with van der Waals surface area (Å²) in [5, 5.41) is 1.98. The number of sulfonamides is 1. The highest BCUT2D eigenvalue weighted by atomic mass is 32.2. The molecule has 25 heavy (non-hydrogen) atoms. The predicted octanol–water partition coefficient (Wildman–Crippen LogP) is 2.47. The highest BCUT2D eigenvalue weighted by Crippen LogP contribution is 2.32. The zero-order chi connectivity index (χ0) is 18.0. The van der Waals surface area contributed by atoms with Crippen molar-refractivity contribution in [2.45, 2.75) is 30.3 Å². The summed E-state index contributed by atoms with van der Waals surface area (Å²) in [6, 6.07) is 8.70. The molecule has 1 saturated carbocycles. The maximum Gasteiger partial charge on any atom is 0.254 e. The Kier molecular flexibility index (Phi) is 5.12. The van der Waals surface area contributed by atoms with E-state index < -0.39 is 10.0 Å². The van der Waals surface area contributed by atoms with Crippen molar-refractivity contribution in [2.75, 3.05) is 14.2 Å². The summed E-state index contributed by atoms with van der Waals surface area (Å²) in [4.78, 5) is 15.9. The van der Waals surface area contributed by atoms with Crippen LogP contribution in [0.1, 0.15) is 28.1 Å². The van der Waals surface area contributed by atoms with Crippen LogP contribution >= 0.6 is 11.3 Å². The third-order valence-electron chi connectivity index (χ3n) is 4.12. The Morgan fingerprint density at radius 2 is 2.12 bits per heavy atom. The fourth-order valence-electron chi connectivity index (χ4n) is 2.62. The number of nitrogens with one attached hydrogen (secondary N) is 1. The van der Waals surface area contributed by atoms with Crippen molar-refractivity contribution in [2.24, 2.45) is 0 Å². The highest BCUT2D eigenvalue weighted by Gasteiger charge is 2.34. The number of nitrogens with zero attached hydrogens (tertiary/aromatic N) is 1. The van der Waals surface area contributed by atoms with E-state index in [1.807, 2.05) is 22.4 Å². The molecule has 1 aliphatic rings. The molecular weight excluding hydrogens is 360 g/mol. The topological polar surface area (TPSA) is 75.7 Å². The van der Waals surface area contributed by atoms with E-state index in [-0.39, 0.29) is 22.6 Å². The van der Waals surface area contributed by atoms with Crippen LogP contribution in [0, 0.1) is 0 Å². The van der Waals surface area contributed by atoms with Crippen molar-refractivity contribution in [1.29, 1.82) is 0 Å². The fraction of sp³-hybridized carbons (Fsp3) is 0.353. The first-order valence-corrected chi connectivity index (χ1v) is 10.3. The molecule has 6 nitrogen and oxygen atoms in total. The van der Waals surface area contributed by atoms with E-state index in [1.165, 1.54) is 26.3 Å². The Labute approximate surface area is 151 Å². The summed E-state index contributed by atoms with van der Waals surface area (Å²) < 4.78 is 31.8. The van der Waals surface area contributed by atoms with Gasteiger partial charge >= 0.3 is 0 Å². The molecule has 1 heterocycles. The van der Waals surface area contributed by atoms with Crippen LogP contribution in [-0.4, -0.2) is 39.4 Å². The van der Waals surface area contributed by atoms with Crippen LogP contribution in [0.3, 0.4) is 0 Å². The first kappa shape index (κ1) is 17.9. The molecule has 0 bridgehead atoms. The number of amides is 1. The number of carbonyl (C=O) groups is 1. The summed E-state index contributed by atoms with van der Waals surface area (Å²) in [5.41, 5.74) is 0.345. The molecular formula is C17H20N2O4S2. The fourth-order valence-corrected chi connectivity index (χ4v) is 4.24. The van der Waals surface area contributed by atoms with Gasteiger partial charge in [-0.05, 0) is 49.5 Å². The van der Waals surface area contributed by atoms with Gasteiger partial charge in [-0.25, -0.2) is 13.1 Å². The monoisotopic (exact) mass is 380 g/mol. The van der Waals surface area contributed by atoms with Gasteiger partial charge in [-0.1, -0.05) is 6.07 Å². The first-order chi connectivity index (χ1) is 12.0. The molecule has 0 atom stereocenters. The van der Waals surface area contributed by atoms with Crippen molar-refractivity contribution in [3.8, 4) is 5.75 Å². The molecule has 0 aliphatic heterocycles. The van der Waals surface area contributed by atoms with Crippen LogP contribution in [0.5, 0.6) is 5.75 Å². The third kappa shape index (κ3) is 3.86. The number of ether oxygens (including phenoxy) is 1. The smallest absolute Gasteiger partial charge is 0.254 e. The SMILES string of the molecule is CNS(=O)(=O)c1cc(C(=O)N(Cc2cccs2)C2CC2)ccc1OC. The molecule has 2 aromatic rings. The van der Waals surface area contributed by atoms with Crippen molar-refractivity contribution >= 4 is 27.3 Å². The van der Waals surface area contributed by atoms with Crippen LogP contribution in [0.4, 0.5) is 0 Å². The Hall–Kier alpha value is -1.90. The van der Waals surface area contributed by atoms with Crippen molar-refractivity contribution in [1.82, 2.24) is 9.62 Å². The van der Waals surface area contributed by atoms with Gasteiger partial charge in [0.1, 0.15) is 10.6 Å². The third-order valence-corrected chi connectivity index (χ3v) is 6.42. The van der Waals surface area contributed by atoms with E-state index in [0.29, 0.717) is 12.1 Å². The molecule has 0 spiro atoms. The van der Waals surface area contributed by atoms with E-state index in [9.17, 15) is 13.2 Å². The maximum absolute atomic E-state index is 13.0. The second kappa shape index (κ2) is 7.15. The minimum Gasteiger partial charge on any atom is -0.495 e. The van der Waals surface area contributed by atoms with Crippen LogP contribution in [0.15, 0.2) is 40.6 Å².